The number of hydrogen-bond donors (Lipinski definition) is 1. The minimum atomic E-state index is -1.18. The zero-order valence-electron chi connectivity index (χ0n) is 23.3. The molecule has 7 nitrogen and oxygen atoms in total. The van der Waals surface area contributed by atoms with Gasteiger partial charge in [0, 0.05) is 36.1 Å². The number of aromatic nitrogens is 2. The van der Waals surface area contributed by atoms with Gasteiger partial charge in [-0.2, -0.15) is 0 Å². The summed E-state index contributed by atoms with van der Waals surface area (Å²) in [5.41, 5.74) is 2.91. The van der Waals surface area contributed by atoms with Gasteiger partial charge >= 0.3 is 5.97 Å². The first-order valence-electron chi connectivity index (χ1n) is 13.2. The Balaban J connectivity index is 2.11. The molecule has 1 N–H and O–H groups in total. The van der Waals surface area contributed by atoms with Crippen molar-refractivity contribution in [3.63, 3.8) is 0 Å². The average Bonchev–Trinajstić information content (AvgIpc) is 2.82. The van der Waals surface area contributed by atoms with Gasteiger partial charge in [-0.1, -0.05) is 27.2 Å². The number of carbonyl (C=O) groups is 1. The van der Waals surface area contributed by atoms with Crippen LogP contribution in [0.25, 0.3) is 11.3 Å². The number of piperidine rings is 1. The summed E-state index contributed by atoms with van der Waals surface area (Å²) in [6.45, 7) is 14.9. The van der Waals surface area contributed by atoms with Gasteiger partial charge in [0.2, 0.25) is 0 Å². The molecule has 8 heteroatoms. The first-order valence-corrected chi connectivity index (χ1v) is 13.2. The molecule has 37 heavy (non-hydrogen) atoms. The van der Waals surface area contributed by atoms with Crippen LogP contribution in [0.2, 0.25) is 0 Å². The van der Waals surface area contributed by atoms with Gasteiger partial charge in [0.1, 0.15) is 18.5 Å². The number of pyridine rings is 2. The molecule has 0 amide bonds. The lowest BCUT2D eigenvalue weighted by Crippen LogP contribution is -2.39. The van der Waals surface area contributed by atoms with Crippen molar-refractivity contribution in [3.05, 3.63) is 35.8 Å². The maximum absolute atomic E-state index is 13.3. The molecular formula is C29H42FN3O4. The van der Waals surface area contributed by atoms with E-state index in [0.717, 1.165) is 43.6 Å². The molecular weight excluding hydrogens is 473 g/mol. The van der Waals surface area contributed by atoms with Crippen LogP contribution < -0.4 is 9.64 Å². The molecule has 0 bridgehead atoms. The largest absolute Gasteiger partial charge is 0.486 e. The fourth-order valence-corrected chi connectivity index (χ4v) is 4.66. The van der Waals surface area contributed by atoms with E-state index < -0.39 is 30.5 Å². The Morgan fingerprint density at radius 1 is 1.19 bits per heavy atom. The summed E-state index contributed by atoms with van der Waals surface area (Å²) in [6, 6.07) is 3.61. The third-order valence-electron chi connectivity index (χ3n) is 6.78. The van der Waals surface area contributed by atoms with Crippen molar-refractivity contribution < 1.29 is 23.8 Å². The van der Waals surface area contributed by atoms with Crippen molar-refractivity contribution in [2.24, 2.45) is 5.41 Å². The molecule has 0 spiro atoms. The highest BCUT2D eigenvalue weighted by atomic mass is 19.1. The van der Waals surface area contributed by atoms with Crippen molar-refractivity contribution in [2.75, 3.05) is 24.7 Å². The fraction of sp³-hybridized carbons (Fsp3) is 0.621. The van der Waals surface area contributed by atoms with Crippen molar-refractivity contribution in [2.45, 2.75) is 92.0 Å². The van der Waals surface area contributed by atoms with Crippen molar-refractivity contribution in [1.29, 1.82) is 0 Å². The molecule has 2 aromatic rings. The highest BCUT2D eigenvalue weighted by Gasteiger charge is 2.36. The Labute approximate surface area is 220 Å². The van der Waals surface area contributed by atoms with E-state index in [4.69, 9.17) is 9.47 Å². The first-order chi connectivity index (χ1) is 17.3. The zero-order chi connectivity index (χ0) is 27.4. The standard InChI is InChI=1S/C29H42FN3O4/c1-8-9-20(16-30)36-21-10-11-23(32-17-21)22-18-31-19(2)24(26(27(34)35)37-28(3,4)5)25(22)33-14-12-29(6,7)13-15-33/h10-11,17-18,20,26H,8-9,12-16H2,1-7H3,(H,34,35). The molecule has 1 aliphatic heterocycles. The molecule has 0 aromatic carbocycles. The summed E-state index contributed by atoms with van der Waals surface area (Å²) in [5.74, 6) is -0.554. The Morgan fingerprint density at radius 3 is 2.38 bits per heavy atom. The zero-order valence-corrected chi connectivity index (χ0v) is 23.3. The van der Waals surface area contributed by atoms with Crippen molar-refractivity contribution in [1.82, 2.24) is 9.97 Å². The summed E-state index contributed by atoms with van der Waals surface area (Å²) in [6.07, 6.45) is 5.09. The summed E-state index contributed by atoms with van der Waals surface area (Å²) in [7, 11) is 0. The van der Waals surface area contributed by atoms with E-state index in [1.807, 2.05) is 40.7 Å². The smallest absolute Gasteiger partial charge is 0.337 e. The second-order valence-electron chi connectivity index (χ2n) is 11.7. The molecule has 2 atom stereocenters. The second-order valence-corrected chi connectivity index (χ2v) is 11.7. The first kappa shape index (κ1) is 28.8. The van der Waals surface area contributed by atoms with Gasteiger partial charge in [0.25, 0.3) is 0 Å². The monoisotopic (exact) mass is 515 g/mol. The molecule has 1 aliphatic rings. The number of aliphatic carboxylic acids is 1. The molecule has 0 radical (unpaired) electrons. The van der Waals surface area contributed by atoms with Crippen LogP contribution in [0, 0.1) is 12.3 Å². The molecule has 2 unspecified atom stereocenters. The quantitative estimate of drug-likeness (QED) is 0.385. The minimum Gasteiger partial charge on any atom is -0.486 e. The van der Waals surface area contributed by atoms with E-state index in [1.54, 1.807) is 18.5 Å². The SMILES string of the molecule is CCCC(CF)Oc1ccc(-c2cnc(C)c(C(OC(C)(C)C)C(=O)O)c2N2CCC(C)(C)CC2)nc1. The Kier molecular flexibility index (Phi) is 9.16. The minimum absolute atomic E-state index is 0.218. The van der Waals surface area contributed by atoms with Gasteiger partial charge in [-0.3, -0.25) is 9.97 Å². The van der Waals surface area contributed by atoms with Gasteiger partial charge in [-0.25, -0.2) is 9.18 Å². The Morgan fingerprint density at radius 2 is 1.86 bits per heavy atom. The number of halogens is 1. The molecule has 3 rings (SSSR count). The highest BCUT2D eigenvalue weighted by molar-refractivity contribution is 5.85. The number of carboxylic acids is 1. The van der Waals surface area contributed by atoms with Crippen LogP contribution in [-0.2, 0) is 9.53 Å². The summed E-state index contributed by atoms with van der Waals surface area (Å²) in [4.78, 5) is 24.0. The van der Waals surface area contributed by atoms with Crippen LogP contribution in [0.4, 0.5) is 10.1 Å². The molecule has 3 heterocycles. The molecule has 1 fully saturated rings. The predicted molar refractivity (Wildman–Crippen MR) is 144 cm³/mol. The summed E-state index contributed by atoms with van der Waals surface area (Å²) >= 11 is 0. The molecule has 0 aliphatic carbocycles. The Hall–Kier alpha value is -2.74. The topological polar surface area (TPSA) is 84.8 Å². The Bertz CT molecular complexity index is 1060. The number of ether oxygens (including phenoxy) is 2. The van der Waals surface area contributed by atoms with Crippen LogP contribution >= 0.6 is 0 Å². The number of nitrogens with zero attached hydrogens (tertiary/aromatic N) is 3. The lowest BCUT2D eigenvalue weighted by Gasteiger charge is -2.40. The van der Waals surface area contributed by atoms with Gasteiger partial charge < -0.3 is 19.5 Å². The van der Waals surface area contributed by atoms with E-state index in [9.17, 15) is 14.3 Å². The third kappa shape index (κ3) is 7.40. The van der Waals surface area contributed by atoms with Gasteiger partial charge in [0.05, 0.1) is 23.2 Å². The van der Waals surface area contributed by atoms with Gasteiger partial charge in [0.15, 0.2) is 6.10 Å². The van der Waals surface area contributed by atoms with Crippen LogP contribution in [-0.4, -0.2) is 52.5 Å². The van der Waals surface area contributed by atoms with Crippen LogP contribution in [0.5, 0.6) is 5.75 Å². The van der Waals surface area contributed by atoms with E-state index in [2.05, 4.69) is 28.7 Å². The third-order valence-corrected chi connectivity index (χ3v) is 6.78. The van der Waals surface area contributed by atoms with E-state index in [1.165, 1.54) is 0 Å². The van der Waals surface area contributed by atoms with Crippen LogP contribution in [0.1, 0.15) is 84.6 Å². The second kappa shape index (κ2) is 11.8. The van der Waals surface area contributed by atoms with Crippen molar-refractivity contribution >= 4 is 11.7 Å². The lowest BCUT2D eigenvalue weighted by atomic mass is 9.82. The molecule has 0 saturated carbocycles. The van der Waals surface area contributed by atoms with Crippen LogP contribution in [0.15, 0.2) is 24.5 Å². The van der Waals surface area contributed by atoms with E-state index in [0.29, 0.717) is 29.1 Å². The summed E-state index contributed by atoms with van der Waals surface area (Å²) in [5, 5.41) is 10.2. The number of anilines is 1. The number of alkyl halides is 1. The number of aryl methyl sites for hydroxylation is 1. The van der Waals surface area contributed by atoms with Crippen LogP contribution in [0.3, 0.4) is 0 Å². The average molecular weight is 516 g/mol. The summed E-state index contributed by atoms with van der Waals surface area (Å²) < 4.78 is 25.2. The highest BCUT2D eigenvalue weighted by Crippen LogP contribution is 2.43. The number of rotatable bonds is 10. The van der Waals surface area contributed by atoms with Gasteiger partial charge in [-0.05, 0) is 64.5 Å². The predicted octanol–water partition coefficient (Wildman–Crippen LogP) is 6.54. The normalized spacial score (nSPS) is 17.4. The molecule has 2 aromatic heterocycles. The molecule has 1 saturated heterocycles. The maximum Gasteiger partial charge on any atom is 0.337 e. The van der Waals surface area contributed by atoms with Gasteiger partial charge in [-0.15, -0.1) is 0 Å². The molecule has 204 valence electrons. The number of carboxylic acid groups (broad SMARTS) is 1. The van der Waals surface area contributed by atoms with Crippen molar-refractivity contribution in [3.8, 4) is 17.0 Å². The van der Waals surface area contributed by atoms with E-state index in [-0.39, 0.29) is 5.41 Å². The maximum atomic E-state index is 13.3. The number of hydrogen-bond acceptors (Lipinski definition) is 6. The lowest BCUT2D eigenvalue weighted by molar-refractivity contribution is -0.160. The van der Waals surface area contributed by atoms with E-state index >= 15 is 0 Å². The fourth-order valence-electron chi connectivity index (χ4n) is 4.66.